The highest BCUT2D eigenvalue weighted by Crippen LogP contribution is 2.34. The van der Waals surface area contributed by atoms with E-state index in [-0.39, 0.29) is 30.7 Å². The summed E-state index contributed by atoms with van der Waals surface area (Å²) in [6, 6.07) is 14.7. The Bertz CT molecular complexity index is 1100. The van der Waals surface area contributed by atoms with Crippen molar-refractivity contribution in [3.8, 4) is 0 Å². The number of carbonyl (C=O) groups is 2. The number of hydrogen-bond acceptors (Lipinski definition) is 6. The topological polar surface area (TPSA) is 96.0 Å². The molecule has 1 N–H and O–H groups in total. The predicted molar refractivity (Wildman–Crippen MR) is 123 cm³/mol. The molecule has 1 fully saturated rings. The summed E-state index contributed by atoms with van der Waals surface area (Å²) < 4.78 is 32.3. The largest absolute Gasteiger partial charge is 0.379 e. The Kier molecular flexibility index (Phi) is 7.14. The second-order valence-electron chi connectivity index (χ2n) is 7.55. The third-order valence-corrected chi connectivity index (χ3v) is 8.28. The van der Waals surface area contributed by atoms with Crippen LogP contribution in [0.5, 0.6) is 0 Å². The number of benzene rings is 2. The Morgan fingerprint density at radius 1 is 1.03 bits per heavy atom. The molecule has 0 saturated carbocycles. The molecule has 2 aliphatic heterocycles. The van der Waals surface area contributed by atoms with Crippen LogP contribution in [0.1, 0.15) is 11.1 Å². The summed E-state index contributed by atoms with van der Waals surface area (Å²) in [7, 11) is -3.48. The molecule has 4 rings (SSSR count). The van der Waals surface area contributed by atoms with Crippen molar-refractivity contribution in [2.24, 2.45) is 0 Å². The van der Waals surface area contributed by atoms with Crippen molar-refractivity contribution in [2.75, 3.05) is 43.5 Å². The van der Waals surface area contributed by atoms with E-state index in [4.69, 9.17) is 4.74 Å². The molecule has 2 aliphatic rings. The Labute approximate surface area is 192 Å². The smallest absolute Gasteiger partial charge is 0.240 e. The Morgan fingerprint density at radius 3 is 2.50 bits per heavy atom. The summed E-state index contributed by atoms with van der Waals surface area (Å²) in [6.45, 7) is 1.61. The van der Waals surface area contributed by atoms with Gasteiger partial charge in [-0.05, 0) is 23.3 Å². The number of nitrogens with one attached hydrogen (secondary N) is 1. The highest BCUT2D eigenvalue weighted by atomic mass is 32.2. The molecule has 0 bridgehead atoms. The van der Waals surface area contributed by atoms with Gasteiger partial charge in [-0.15, -0.1) is 11.8 Å². The SMILES string of the molecule is O=C(CN1C(=O)CSc2ccccc21)NCc1ccccc1CS(=O)(=O)N1CCOCC1. The highest BCUT2D eigenvalue weighted by molar-refractivity contribution is 8.00. The van der Waals surface area contributed by atoms with Gasteiger partial charge in [0.15, 0.2) is 0 Å². The number of para-hydroxylation sites is 1. The Hall–Kier alpha value is -2.40. The normalized spacial score (nSPS) is 17.1. The number of fused-ring (bicyclic) bond motifs is 1. The number of carbonyl (C=O) groups excluding carboxylic acids is 2. The molecule has 10 heteroatoms. The van der Waals surface area contributed by atoms with Crippen molar-refractivity contribution in [1.82, 2.24) is 9.62 Å². The molecule has 2 amide bonds. The van der Waals surface area contributed by atoms with E-state index in [0.717, 1.165) is 16.1 Å². The summed E-state index contributed by atoms with van der Waals surface area (Å²) in [6.07, 6.45) is 0. The Morgan fingerprint density at radius 2 is 1.72 bits per heavy atom. The summed E-state index contributed by atoms with van der Waals surface area (Å²) in [5.74, 6) is -0.243. The van der Waals surface area contributed by atoms with Crippen molar-refractivity contribution in [2.45, 2.75) is 17.2 Å². The number of nitrogens with zero attached hydrogens (tertiary/aromatic N) is 2. The lowest BCUT2D eigenvalue weighted by atomic mass is 10.1. The highest BCUT2D eigenvalue weighted by Gasteiger charge is 2.27. The van der Waals surface area contributed by atoms with E-state index in [1.807, 2.05) is 36.4 Å². The van der Waals surface area contributed by atoms with Gasteiger partial charge in [0.1, 0.15) is 6.54 Å². The van der Waals surface area contributed by atoms with Crippen LogP contribution in [0.15, 0.2) is 53.4 Å². The van der Waals surface area contributed by atoms with E-state index in [1.54, 1.807) is 12.1 Å². The number of hydrogen-bond donors (Lipinski definition) is 1. The second kappa shape index (κ2) is 10.0. The van der Waals surface area contributed by atoms with Crippen LogP contribution in [0.4, 0.5) is 5.69 Å². The Balaban J connectivity index is 1.40. The van der Waals surface area contributed by atoms with E-state index in [0.29, 0.717) is 37.6 Å². The average molecular weight is 476 g/mol. The summed E-state index contributed by atoms with van der Waals surface area (Å²) >= 11 is 1.47. The van der Waals surface area contributed by atoms with Crippen molar-refractivity contribution < 1.29 is 22.7 Å². The van der Waals surface area contributed by atoms with Gasteiger partial charge in [0, 0.05) is 24.5 Å². The van der Waals surface area contributed by atoms with Crippen molar-refractivity contribution in [3.05, 3.63) is 59.7 Å². The first-order valence-corrected chi connectivity index (χ1v) is 12.9. The third-order valence-electron chi connectivity index (χ3n) is 5.41. The molecule has 2 aromatic rings. The molecule has 0 aromatic heterocycles. The van der Waals surface area contributed by atoms with E-state index < -0.39 is 10.0 Å². The first-order chi connectivity index (χ1) is 15.4. The zero-order valence-electron chi connectivity index (χ0n) is 17.5. The maximum Gasteiger partial charge on any atom is 0.240 e. The number of rotatable bonds is 7. The van der Waals surface area contributed by atoms with E-state index >= 15 is 0 Å². The van der Waals surface area contributed by atoms with E-state index in [2.05, 4.69) is 5.32 Å². The van der Waals surface area contributed by atoms with Gasteiger partial charge in [-0.2, -0.15) is 4.31 Å². The molecule has 1 saturated heterocycles. The number of ether oxygens (including phenoxy) is 1. The lowest BCUT2D eigenvalue weighted by molar-refractivity contribution is -0.123. The van der Waals surface area contributed by atoms with Crippen LogP contribution >= 0.6 is 11.8 Å². The van der Waals surface area contributed by atoms with Crippen LogP contribution in [-0.4, -0.2) is 63.1 Å². The molecular weight excluding hydrogens is 450 g/mol. The van der Waals surface area contributed by atoms with Gasteiger partial charge in [-0.25, -0.2) is 8.42 Å². The standard InChI is InChI=1S/C22H25N3O5S2/c26-21(14-25-19-7-3-4-8-20(19)31-15-22(25)27)23-13-17-5-1-2-6-18(17)16-32(28,29)24-9-11-30-12-10-24/h1-8H,9-16H2,(H,23,26). The van der Waals surface area contributed by atoms with Gasteiger partial charge < -0.3 is 15.0 Å². The lowest BCUT2D eigenvalue weighted by Gasteiger charge is -2.28. The number of amides is 2. The van der Waals surface area contributed by atoms with Crippen LogP contribution in [0, 0.1) is 0 Å². The summed E-state index contributed by atoms with van der Waals surface area (Å²) in [4.78, 5) is 27.5. The maximum absolute atomic E-state index is 12.8. The number of morpholine rings is 1. The lowest BCUT2D eigenvalue weighted by Crippen LogP contribution is -2.43. The van der Waals surface area contributed by atoms with Crippen molar-refractivity contribution in [1.29, 1.82) is 0 Å². The first-order valence-electron chi connectivity index (χ1n) is 10.4. The quantitative estimate of drug-likeness (QED) is 0.654. The number of sulfonamides is 1. The van der Waals surface area contributed by atoms with Gasteiger partial charge in [-0.3, -0.25) is 9.59 Å². The fourth-order valence-corrected chi connectivity index (χ4v) is 6.20. The molecule has 2 aromatic carbocycles. The van der Waals surface area contributed by atoms with Crippen LogP contribution in [-0.2, 0) is 36.6 Å². The number of anilines is 1. The predicted octanol–water partition coefficient (Wildman–Crippen LogP) is 1.60. The number of thioether (sulfide) groups is 1. The minimum absolute atomic E-state index is 0.0787. The van der Waals surface area contributed by atoms with Gasteiger partial charge >= 0.3 is 0 Å². The zero-order chi connectivity index (χ0) is 22.6. The fourth-order valence-electron chi connectivity index (χ4n) is 3.70. The van der Waals surface area contributed by atoms with Crippen molar-refractivity contribution in [3.63, 3.8) is 0 Å². The summed E-state index contributed by atoms with van der Waals surface area (Å²) in [5.41, 5.74) is 2.12. The van der Waals surface area contributed by atoms with Crippen molar-refractivity contribution >= 4 is 39.3 Å². The maximum atomic E-state index is 12.8. The molecule has 32 heavy (non-hydrogen) atoms. The molecular formula is C22H25N3O5S2. The van der Waals surface area contributed by atoms with Gasteiger partial charge in [0.05, 0.1) is 30.4 Å². The molecule has 0 unspecified atom stereocenters. The zero-order valence-corrected chi connectivity index (χ0v) is 19.2. The third kappa shape index (κ3) is 5.32. The van der Waals surface area contributed by atoms with Gasteiger partial charge in [-0.1, -0.05) is 36.4 Å². The summed E-state index contributed by atoms with van der Waals surface area (Å²) in [5, 5.41) is 2.84. The minimum Gasteiger partial charge on any atom is -0.379 e. The molecule has 0 atom stereocenters. The molecule has 170 valence electrons. The molecule has 0 radical (unpaired) electrons. The minimum atomic E-state index is -3.48. The van der Waals surface area contributed by atoms with E-state index in [9.17, 15) is 18.0 Å². The van der Waals surface area contributed by atoms with Gasteiger partial charge in [0.25, 0.3) is 0 Å². The second-order valence-corrected chi connectivity index (χ2v) is 10.5. The molecule has 0 spiro atoms. The van der Waals surface area contributed by atoms with Crippen LogP contribution in [0.25, 0.3) is 0 Å². The van der Waals surface area contributed by atoms with Crippen LogP contribution in [0.2, 0.25) is 0 Å². The van der Waals surface area contributed by atoms with Gasteiger partial charge in [0.2, 0.25) is 21.8 Å². The fraction of sp³-hybridized carbons (Fsp3) is 0.364. The molecule has 2 heterocycles. The first kappa shape index (κ1) is 22.8. The molecule has 8 nitrogen and oxygen atoms in total. The molecule has 0 aliphatic carbocycles. The van der Waals surface area contributed by atoms with E-state index in [1.165, 1.54) is 21.0 Å². The average Bonchev–Trinajstić information content (AvgIpc) is 2.81. The monoisotopic (exact) mass is 475 g/mol. The van der Waals surface area contributed by atoms with Crippen LogP contribution in [0.3, 0.4) is 0 Å². The van der Waals surface area contributed by atoms with Crippen LogP contribution < -0.4 is 10.2 Å².